The van der Waals surface area contributed by atoms with Crippen molar-refractivity contribution in [1.82, 2.24) is 0 Å². The summed E-state index contributed by atoms with van der Waals surface area (Å²) in [6.07, 6.45) is 1.58. The molecule has 0 spiro atoms. The van der Waals surface area contributed by atoms with Crippen LogP contribution in [0.2, 0.25) is 0 Å². The third-order valence-electron chi connectivity index (χ3n) is 6.05. The van der Waals surface area contributed by atoms with Gasteiger partial charge in [0.1, 0.15) is 5.00 Å². The predicted molar refractivity (Wildman–Crippen MR) is 110 cm³/mol. The zero-order chi connectivity index (χ0) is 21.5. The Hall–Kier alpha value is -2.15. The minimum atomic E-state index is -1.17. The maximum Gasteiger partial charge on any atom is 0.341 e. The number of carboxylic acids is 1. The molecule has 2 aliphatic carbocycles. The van der Waals surface area contributed by atoms with Crippen molar-refractivity contribution in [2.75, 3.05) is 11.9 Å². The van der Waals surface area contributed by atoms with Crippen molar-refractivity contribution in [3.8, 4) is 0 Å². The average molecular weight is 419 g/mol. The molecule has 0 saturated heterocycles. The summed E-state index contributed by atoms with van der Waals surface area (Å²) in [7, 11) is 0. The van der Waals surface area contributed by atoms with Crippen LogP contribution in [0.1, 0.15) is 68.6 Å². The summed E-state index contributed by atoms with van der Waals surface area (Å²) in [4.78, 5) is 38.4. The molecule has 1 heterocycles. The van der Waals surface area contributed by atoms with Gasteiger partial charge in [0.15, 0.2) is 0 Å². The molecule has 1 aromatic heterocycles. The fraction of sp³-hybridized carbons (Fsp3) is 0.591. The highest BCUT2D eigenvalue weighted by molar-refractivity contribution is 7.16. The number of hydrogen-bond acceptors (Lipinski definition) is 6. The number of amides is 1. The lowest BCUT2D eigenvalue weighted by molar-refractivity contribution is -0.314. The zero-order valence-electron chi connectivity index (χ0n) is 17.5. The Morgan fingerprint density at radius 1 is 1.21 bits per heavy atom. The zero-order valence-corrected chi connectivity index (χ0v) is 18.4. The lowest BCUT2D eigenvalue weighted by Crippen LogP contribution is -2.44. The summed E-state index contributed by atoms with van der Waals surface area (Å²) < 4.78 is 5.13. The van der Waals surface area contributed by atoms with Gasteiger partial charge in [-0.15, -0.1) is 11.3 Å². The summed E-state index contributed by atoms with van der Waals surface area (Å²) in [5, 5.41) is 15.2. The van der Waals surface area contributed by atoms with E-state index >= 15 is 0 Å². The van der Waals surface area contributed by atoms with Gasteiger partial charge in [0.25, 0.3) is 0 Å². The maximum absolute atomic E-state index is 13.2. The molecule has 0 aliphatic heterocycles. The fourth-order valence-electron chi connectivity index (χ4n) is 4.93. The average Bonchev–Trinajstić information content (AvgIpc) is 3.32. The van der Waals surface area contributed by atoms with Crippen molar-refractivity contribution in [3.05, 3.63) is 27.7 Å². The highest BCUT2D eigenvalue weighted by Crippen LogP contribution is 2.57. The van der Waals surface area contributed by atoms with E-state index in [2.05, 4.69) is 5.32 Å². The van der Waals surface area contributed by atoms with Crippen LogP contribution in [-0.2, 0) is 14.3 Å². The molecule has 0 radical (unpaired) electrons. The van der Waals surface area contributed by atoms with Crippen LogP contribution in [0.15, 0.2) is 17.2 Å². The molecule has 0 aromatic carbocycles. The first-order valence-corrected chi connectivity index (χ1v) is 11.0. The van der Waals surface area contributed by atoms with E-state index in [-0.39, 0.29) is 30.3 Å². The van der Waals surface area contributed by atoms with Crippen molar-refractivity contribution < 1.29 is 24.2 Å². The van der Waals surface area contributed by atoms with Gasteiger partial charge in [-0.1, -0.05) is 25.0 Å². The van der Waals surface area contributed by atoms with Crippen LogP contribution in [0.3, 0.4) is 0 Å². The van der Waals surface area contributed by atoms with Crippen LogP contribution < -0.4 is 10.4 Å². The molecule has 3 rings (SSSR count). The first-order valence-electron chi connectivity index (χ1n) is 10.2. The summed E-state index contributed by atoms with van der Waals surface area (Å²) in [5.41, 5.74) is 2.51. The van der Waals surface area contributed by atoms with Gasteiger partial charge in [-0.3, -0.25) is 4.79 Å². The van der Waals surface area contributed by atoms with E-state index in [9.17, 15) is 19.5 Å². The predicted octanol–water partition coefficient (Wildman–Crippen LogP) is 3.35. The molecule has 0 unspecified atom stereocenters. The van der Waals surface area contributed by atoms with Gasteiger partial charge < -0.3 is 20.0 Å². The Morgan fingerprint density at radius 2 is 1.83 bits per heavy atom. The van der Waals surface area contributed by atoms with Gasteiger partial charge in [-0.2, -0.15) is 0 Å². The number of carbonyl (C=O) groups excluding carboxylic acids is 3. The molecule has 4 atom stereocenters. The summed E-state index contributed by atoms with van der Waals surface area (Å²) in [6.45, 7) is 9.93. The van der Waals surface area contributed by atoms with Gasteiger partial charge in [-0.25, -0.2) is 4.79 Å². The Balaban J connectivity index is 1.93. The Morgan fingerprint density at radius 3 is 2.34 bits per heavy atom. The molecule has 7 heteroatoms. The summed E-state index contributed by atoms with van der Waals surface area (Å²) in [6, 6.07) is 1.75. The molecule has 158 valence electrons. The number of carboxylic acid groups (broad SMARTS) is 1. The molecule has 1 aromatic rings. The summed E-state index contributed by atoms with van der Waals surface area (Å²) >= 11 is 1.34. The number of thiophene rings is 1. The van der Waals surface area contributed by atoms with E-state index in [1.807, 2.05) is 27.7 Å². The van der Waals surface area contributed by atoms with E-state index < -0.39 is 23.8 Å². The van der Waals surface area contributed by atoms with Crippen LogP contribution in [0, 0.1) is 23.7 Å². The first-order chi connectivity index (χ1) is 13.7. The number of rotatable bonds is 6. The molecule has 2 fully saturated rings. The van der Waals surface area contributed by atoms with Crippen LogP contribution >= 0.6 is 11.3 Å². The third kappa shape index (κ3) is 3.84. The van der Waals surface area contributed by atoms with Gasteiger partial charge in [0.2, 0.25) is 5.91 Å². The second kappa shape index (κ2) is 8.30. The quantitative estimate of drug-likeness (QED) is 0.565. The Bertz CT molecular complexity index is 865. The van der Waals surface area contributed by atoms with Crippen LogP contribution in [0.25, 0.3) is 0 Å². The van der Waals surface area contributed by atoms with Crippen molar-refractivity contribution >= 4 is 34.2 Å². The number of hydrogen-bond donors (Lipinski definition) is 1. The number of anilines is 1. The SMILES string of the molecule is CCOC(=O)c1cc(C(C)C)sc1NC(=O)[C@H]1[C@@H](C(=O)[O-])[C@H]2CC[C@H]1C2=C(C)C. The number of fused-ring (bicyclic) bond motifs is 2. The minimum Gasteiger partial charge on any atom is -0.550 e. The Kier molecular flexibility index (Phi) is 6.17. The van der Waals surface area contributed by atoms with E-state index in [0.717, 1.165) is 28.9 Å². The van der Waals surface area contributed by atoms with Gasteiger partial charge in [0, 0.05) is 16.8 Å². The van der Waals surface area contributed by atoms with Gasteiger partial charge >= 0.3 is 5.97 Å². The first kappa shape index (κ1) is 21.6. The normalized spacial score (nSPS) is 25.4. The lowest BCUT2D eigenvalue weighted by atomic mass is 9.79. The molecule has 2 aliphatic rings. The third-order valence-corrected chi connectivity index (χ3v) is 7.40. The van der Waals surface area contributed by atoms with Gasteiger partial charge in [0.05, 0.1) is 18.1 Å². The molecule has 2 bridgehead atoms. The number of aliphatic carboxylic acids is 1. The molecular formula is C22H28NO5S-. The van der Waals surface area contributed by atoms with E-state index in [0.29, 0.717) is 10.6 Å². The molecular weight excluding hydrogens is 390 g/mol. The van der Waals surface area contributed by atoms with Crippen molar-refractivity contribution in [2.45, 2.75) is 53.4 Å². The maximum atomic E-state index is 13.2. The van der Waals surface area contributed by atoms with Crippen LogP contribution in [-0.4, -0.2) is 24.5 Å². The second-order valence-electron chi connectivity index (χ2n) is 8.37. The number of carbonyl (C=O) groups is 3. The monoisotopic (exact) mass is 418 g/mol. The lowest BCUT2D eigenvalue weighted by Gasteiger charge is -2.30. The van der Waals surface area contributed by atoms with Gasteiger partial charge in [-0.05, 0) is 57.4 Å². The van der Waals surface area contributed by atoms with Crippen molar-refractivity contribution in [1.29, 1.82) is 0 Å². The molecule has 2 saturated carbocycles. The highest BCUT2D eigenvalue weighted by atomic mass is 32.1. The number of ether oxygens (including phenoxy) is 1. The molecule has 1 N–H and O–H groups in total. The van der Waals surface area contributed by atoms with E-state index in [4.69, 9.17) is 4.74 Å². The van der Waals surface area contributed by atoms with E-state index in [1.165, 1.54) is 11.3 Å². The van der Waals surface area contributed by atoms with Crippen molar-refractivity contribution in [2.24, 2.45) is 23.7 Å². The second-order valence-corrected chi connectivity index (χ2v) is 9.46. The van der Waals surface area contributed by atoms with Crippen LogP contribution in [0.5, 0.6) is 0 Å². The number of esters is 1. The molecule has 6 nitrogen and oxygen atoms in total. The fourth-order valence-corrected chi connectivity index (χ4v) is 5.99. The number of allylic oxidation sites excluding steroid dienone is 2. The topological polar surface area (TPSA) is 95.5 Å². The van der Waals surface area contributed by atoms with Crippen LogP contribution in [0.4, 0.5) is 5.00 Å². The number of nitrogens with one attached hydrogen (secondary N) is 1. The van der Waals surface area contributed by atoms with E-state index in [1.54, 1.807) is 13.0 Å². The molecule has 1 amide bonds. The Labute approximate surface area is 175 Å². The smallest absolute Gasteiger partial charge is 0.341 e. The standard InChI is InChI=1S/C22H29NO5S/c1-6-28-22(27)14-9-15(10(2)3)29-20(14)23-19(24)17-12-7-8-13(16(12)11(4)5)18(17)21(25)26/h9-10,12-13,17-18H,6-8H2,1-5H3,(H,23,24)(H,25,26)/p-1/t12-,13-,17+,18-/m0/s1. The minimum absolute atomic E-state index is 0.0801. The summed E-state index contributed by atoms with van der Waals surface area (Å²) in [5.74, 6) is -3.54. The highest BCUT2D eigenvalue weighted by Gasteiger charge is 2.54. The van der Waals surface area contributed by atoms with Crippen molar-refractivity contribution in [3.63, 3.8) is 0 Å². The largest absolute Gasteiger partial charge is 0.550 e. The molecule has 29 heavy (non-hydrogen) atoms.